The molecule has 0 saturated heterocycles. The molecule has 25 heavy (non-hydrogen) atoms. The van der Waals surface area contributed by atoms with Crippen molar-refractivity contribution in [2.75, 3.05) is 13.2 Å². The topological polar surface area (TPSA) is 58.6 Å². The Labute approximate surface area is 145 Å². The summed E-state index contributed by atoms with van der Waals surface area (Å²) in [6, 6.07) is 11.0. The lowest BCUT2D eigenvalue weighted by molar-refractivity contribution is -0.121. The van der Waals surface area contributed by atoms with Gasteiger partial charge in [0.25, 0.3) is 0 Å². The average Bonchev–Trinajstić information content (AvgIpc) is 2.60. The highest BCUT2D eigenvalue weighted by Crippen LogP contribution is 2.15. The summed E-state index contributed by atoms with van der Waals surface area (Å²) < 4.78 is 31.0. The zero-order chi connectivity index (χ0) is 18.2. The van der Waals surface area contributed by atoms with E-state index in [4.69, 9.17) is 4.74 Å². The summed E-state index contributed by atoms with van der Waals surface area (Å²) >= 11 is 0. The fraction of sp³-hybridized carbons (Fsp3) is 0.316. The van der Waals surface area contributed by atoms with Gasteiger partial charge in [0, 0.05) is 19.0 Å². The highest BCUT2D eigenvalue weighted by Gasteiger charge is 2.10. The van der Waals surface area contributed by atoms with Crippen LogP contribution in [0.3, 0.4) is 0 Å². The average molecular weight is 349 g/mol. The van der Waals surface area contributed by atoms with Crippen molar-refractivity contribution in [3.8, 4) is 5.75 Å². The summed E-state index contributed by atoms with van der Waals surface area (Å²) in [5, 5.41) is 12.4. The van der Waals surface area contributed by atoms with Crippen LogP contribution >= 0.6 is 0 Å². The number of aliphatic hydroxyl groups is 1. The van der Waals surface area contributed by atoms with Crippen LogP contribution in [0, 0.1) is 18.6 Å². The molecule has 1 unspecified atom stereocenters. The second-order valence-corrected chi connectivity index (χ2v) is 5.77. The van der Waals surface area contributed by atoms with Gasteiger partial charge in [-0.25, -0.2) is 8.78 Å². The molecule has 0 fully saturated rings. The largest absolute Gasteiger partial charge is 0.491 e. The van der Waals surface area contributed by atoms with E-state index in [1.807, 2.05) is 31.2 Å². The number of hydrogen-bond donors (Lipinski definition) is 2. The van der Waals surface area contributed by atoms with Crippen molar-refractivity contribution in [2.24, 2.45) is 0 Å². The Bertz CT molecular complexity index is 722. The molecule has 2 aromatic rings. The summed E-state index contributed by atoms with van der Waals surface area (Å²) in [7, 11) is 0. The van der Waals surface area contributed by atoms with E-state index in [2.05, 4.69) is 5.32 Å². The number of carbonyl (C=O) groups excluding carboxylic acids is 1. The number of ether oxygens (including phenoxy) is 1. The molecule has 134 valence electrons. The second kappa shape index (κ2) is 9.13. The molecule has 0 aliphatic rings. The van der Waals surface area contributed by atoms with Crippen LogP contribution in [-0.4, -0.2) is 30.3 Å². The predicted octanol–water partition coefficient (Wildman–Crippen LogP) is 2.76. The number of hydrogen-bond acceptors (Lipinski definition) is 3. The van der Waals surface area contributed by atoms with Gasteiger partial charge in [-0.2, -0.15) is 0 Å². The van der Waals surface area contributed by atoms with Crippen molar-refractivity contribution in [1.82, 2.24) is 5.32 Å². The normalized spacial score (nSPS) is 11.8. The summed E-state index contributed by atoms with van der Waals surface area (Å²) in [4.78, 5) is 11.8. The Morgan fingerprint density at radius 1 is 1.20 bits per heavy atom. The Morgan fingerprint density at radius 2 is 1.96 bits per heavy atom. The van der Waals surface area contributed by atoms with Crippen molar-refractivity contribution >= 4 is 5.91 Å². The number of aliphatic hydroxyl groups excluding tert-OH is 1. The van der Waals surface area contributed by atoms with Crippen molar-refractivity contribution < 1.29 is 23.4 Å². The molecule has 0 spiro atoms. The van der Waals surface area contributed by atoms with Crippen molar-refractivity contribution in [3.05, 3.63) is 65.2 Å². The Kier molecular flexibility index (Phi) is 6.89. The van der Waals surface area contributed by atoms with Crippen LogP contribution < -0.4 is 10.1 Å². The van der Waals surface area contributed by atoms with E-state index in [-0.39, 0.29) is 24.8 Å². The van der Waals surface area contributed by atoms with Crippen LogP contribution in [0.4, 0.5) is 8.78 Å². The molecule has 0 radical (unpaired) electrons. The number of halogens is 2. The quantitative estimate of drug-likeness (QED) is 0.770. The van der Waals surface area contributed by atoms with Crippen LogP contribution in [0.25, 0.3) is 0 Å². The molecule has 1 atom stereocenters. The van der Waals surface area contributed by atoms with E-state index < -0.39 is 17.7 Å². The number of benzene rings is 2. The third-order valence-electron chi connectivity index (χ3n) is 3.75. The Balaban J connectivity index is 1.68. The van der Waals surface area contributed by atoms with Crippen molar-refractivity contribution in [3.63, 3.8) is 0 Å². The van der Waals surface area contributed by atoms with Gasteiger partial charge in [-0.3, -0.25) is 4.79 Å². The second-order valence-electron chi connectivity index (χ2n) is 5.77. The van der Waals surface area contributed by atoms with Gasteiger partial charge >= 0.3 is 0 Å². The number of rotatable bonds is 8. The van der Waals surface area contributed by atoms with Crippen LogP contribution in [0.1, 0.15) is 17.5 Å². The van der Waals surface area contributed by atoms with Gasteiger partial charge in [0.2, 0.25) is 5.91 Å². The van der Waals surface area contributed by atoms with Gasteiger partial charge in [0.05, 0.1) is 0 Å². The van der Waals surface area contributed by atoms with E-state index in [9.17, 15) is 18.7 Å². The minimum Gasteiger partial charge on any atom is -0.491 e. The first-order valence-electron chi connectivity index (χ1n) is 8.03. The summed E-state index contributed by atoms with van der Waals surface area (Å²) in [6.45, 7) is 1.88. The minimum atomic E-state index is -1.02. The van der Waals surface area contributed by atoms with Crippen LogP contribution in [-0.2, 0) is 11.2 Å². The third kappa shape index (κ3) is 6.15. The number of aryl methyl sites for hydroxylation is 2. The fourth-order valence-corrected chi connectivity index (χ4v) is 2.28. The molecule has 4 nitrogen and oxygen atoms in total. The van der Waals surface area contributed by atoms with Crippen LogP contribution in [0.5, 0.6) is 5.75 Å². The van der Waals surface area contributed by atoms with E-state index >= 15 is 0 Å². The molecule has 6 heteroatoms. The third-order valence-corrected chi connectivity index (χ3v) is 3.75. The van der Waals surface area contributed by atoms with E-state index in [1.54, 1.807) is 0 Å². The maximum Gasteiger partial charge on any atom is 0.220 e. The predicted molar refractivity (Wildman–Crippen MR) is 90.4 cm³/mol. The zero-order valence-electron chi connectivity index (χ0n) is 14.0. The summed E-state index contributed by atoms with van der Waals surface area (Å²) in [5.74, 6) is -2.04. The first kappa shape index (κ1) is 18.9. The first-order valence-corrected chi connectivity index (χ1v) is 8.03. The van der Waals surface area contributed by atoms with E-state index in [0.717, 1.165) is 23.3 Å². The fourth-order valence-electron chi connectivity index (χ4n) is 2.28. The number of nitrogens with one attached hydrogen (secondary N) is 1. The first-order chi connectivity index (χ1) is 12.0. The molecular weight excluding hydrogens is 328 g/mol. The molecule has 0 aliphatic heterocycles. The molecule has 0 aromatic heterocycles. The highest BCUT2D eigenvalue weighted by atomic mass is 19.2. The monoisotopic (exact) mass is 349 g/mol. The van der Waals surface area contributed by atoms with E-state index in [1.165, 1.54) is 6.07 Å². The molecule has 1 amide bonds. The molecule has 0 bridgehead atoms. The van der Waals surface area contributed by atoms with E-state index in [0.29, 0.717) is 12.8 Å². The smallest absolute Gasteiger partial charge is 0.220 e. The highest BCUT2D eigenvalue weighted by molar-refractivity contribution is 5.76. The van der Waals surface area contributed by atoms with Crippen molar-refractivity contribution in [1.29, 1.82) is 0 Å². The van der Waals surface area contributed by atoms with Gasteiger partial charge < -0.3 is 15.2 Å². The molecule has 0 aliphatic carbocycles. The summed E-state index contributed by atoms with van der Waals surface area (Å²) in [6.07, 6.45) is -0.00259. The molecule has 0 heterocycles. The number of carbonyl (C=O) groups is 1. The zero-order valence-corrected chi connectivity index (χ0v) is 14.0. The Hall–Kier alpha value is -2.47. The van der Waals surface area contributed by atoms with Gasteiger partial charge in [-0.05, 0) is 36.6 Å². The molecular formula is C19H21F2NO3. The van der Waals surface area contributed by atoms with Crippen LogP contribution in [0.2, 0.25) is 0 Å². The summed E-state index contributed by atoms with van der Waals surface area (Å²) in [5.41, 5.74) is 2.25. The van der Waals surface area contributed by atoms with Crippen LogP contribution in [0.15, 0.2) is 42.5 Å². The molecule has 2 rings (SSSR count). The maximum atomic E-state index is 13.0. The lowest BCUT2D eigenvalue weighted by Crippen LogP contribution is -2.35. The maximum absolute atomic E-state index is 13.0. The Morgan fingerprint density at radius 3 is 2.68 bits per heavy atom. The molecule has 2 N–H and O–H groups in total. The van der Waals surface area contributed by atoms with Gasteiger partial charge in [-0.1, -0.05) is 24.3 Å². The molecule has 2 aromatic carbocycles. The molecule has 0 saturated carbocycles. The van der Waals surface area contributed by atoms with Gasteiger partial charge in [0.1, 0.15) is 18.5 Å². The lowest BCUT2D eigenvalue weighted by Gasteiger charge is -2.13. The minimum absolute atomic E-state index is 0.0241. The van der Waals surface area contributed by atoms with Gasteiger partial charge in [0.15, 0.2) is 11.6 Å². The van der Waals surface area contributed by atoms with Gasteiger partial charge in [-0.15, -0.1) is 0 Å². The SMILES string of the molecule is Cc1ccccc1CCC(=O)NCC(O)COc1ccc(F)c(F)c1. The number of amides is 1. The standard InChI is InChI=1S/C19H21F2NO3/c1-13-4-2-3-5-14(13)6-9-19(24)22-11-15(23)12-25-16-7-8-17(20)18(21)10-16/h2-5,7-8,10,15,23H,6,9,11-12H2,1H3,(H,22,24). The lowest BCUT2D eigenvalue weighted by atomic mass is 10.0. The van der Waals surface area contributed by atoms with Crippen molar-refractivity contribution in [2.45, 2.75) is 25.9 Å².